The number of hydrogen-bond donors (Lipinski definition) is 2. The Hall–Kier alpha value is -4.40. The van der Waals surface area contributed by atoms with Crippen molar-refractivity contribution in [2.45, 2.75) is 33.4 Å². The molecule has 9 nitrogen and oxygen atoms in total. The average Bonchev–Trinajstić information content (AvgIpc) is 3.32. The molecule has 186 valence electrons. The van der Waals surface area contributed by atoms with Gasteiger partial charge in [0, 0.05) is 30.2 Å². The molecule has 1 atom stereocenters. The molecule has 1 amide bonds. The van der Waals surface area contributed by atoms with Gasteiger partial charge in [0.25, 0.3) is 11.7 Å². The van der Waals surface area contributed by atoms with Crippen LogP contribution < -0.4 is 4.74 Å². The van der Waals surface area contributed by atoms with Crippen LogP contribution in [-0.2, 0) is 20.9 Å². The Labute approximate surface area is 208 Å². The lowest BCUT2D eigenvalue weighted by Crippen LogP contribution is -2.29. The first-order valence-corrected chi connectivity index (χ1v) is 11.5. The molecule has 1 aromatic carbocycles. The third-order valence-electron chi connectivity index (χ3n) is 6.19. The normalized spacial score (nSPS) is 16.9. The topological polar surface area (TPSA) is 122 Å². The number of methoxy groups -OCH3 is 1. The van der Waals surface area contributed by atoms with Crippen LogP contribution in [0, 0.1) is 13.8 Å². The van der Waals surface area contributed by atoms with Gasteiger partial charge in [0.2, 0.25) is 0 Å². The van der Waals surface area contributed by atoms with Crippen LogP contribution in [0.25, 0.3) is 5.76 Å². The summed E-state index contributed by atoms with van der Waals surface area (Å²) < 4.78 is 10.4. The number of aromatic amines is 1. The Morgan fingerprint density at radius 2 is 1.89 bits per heavy atom. The summed E-state index contributed by atoms with van der Waals surface area (Å²) in [5.74, 6) is -1.87. The van der Waals surface area contributed by atoms with Gasteiger partial charge < -0.3 is 24.5 Å². The maximum atomic E-state index is 13.3. The average molecular weight is 490 g/mol. The number of nitrogens with zero attached hydrogens (tertiary/aromatic N) is 2. The van der Waals surface area contributed by atoms with Crippen molar-refractivity contribution in [1.29, 1.82) is 0 Å². The molecular weight excluding hydrogens is 462 g/mol. The van der Waals surface area contributed by atoms with E-state index in [2.05, 4.69) is 9.97 Å². The standard InChI is InChI=1S/C27H27N3O6/c1-5-36-19-10-8-18(9-11-19)23-21(24(31)20-15(2)22(27(34)35-4)29-16(20)3)25(32)26(33)30(23)14-17-7-6-12-28-13-17/h6-13,23,29,31H,5,14H2,1-4H3/b24-21+/t23-/m1/s1. The number of amides is 1. The molecule has 1 aliphatic rings. The van der Waals surface area contributed by atoms with Crippen molar-refractivity contribution >= 4 is 23.4 Å². The molecule has 3 aromatic rings. The van der Waals surface area contributed by atoms with Crippen LogP contribution in [0.5, 0.6) is 5.75 Å². The highest BCUT2D eigenvalue weighted by molar-refractivity contribution is 6.46. The van der Waals surface area contributed by atoms with Gasteiger partial charge in [0.1, 0.15) is 17.2 Å². The molecule has 2 aromatic heterocycles. The van der Waals surface area contributed by atoms with Gasteiger partial charge in [0.15, 0.2) is 0 Å². The number of aliphatic hydroxyl groups is 1. The van der Waals surface area contributed by atoms with Gasteiger partial charge in [-0.3, -0.25) is 14.6 Å². The predicted molar refractivity (Wildman–Crippen MR) is 131 cm³/mol. The Bertz CT molecular complexity index is 1340. The summed E-state index contributed by atoms with van der Waals surface area (Å²) in [4.78, 5) is 47.2. The van der Waals surface area contributed by atoms with E-state index in [1.165, 1.54) is 12.0 Å². The lowest BCUT2D eigenvalue weighted by Gasteiger charge is -2.25. The third-order valence-corrected chi connectivity index (χ3v) is 6.19. The summed E-state index contributed by atoms with van der Waals surface area (Å²) in [5.41, 5.74) is 2.63. The van der Waals surface area contributed by atoms with E-state index in [-0.39, 0.29) is 29.1 Å². The number of aromatic nitrogens is 2. The monoisotopic (exact) mass is 489 g/mol. The van der Waals surface area contributed by atoms with Crippen LogP contribution in [0.4, 0.5) is 0 Å². The van der Waals surface area contributed by atoms with Crippen LogP contribution in [-0.4, -0.2) is 51.4 Å². The smallest absolute Gasteiger partial charge is 0.354 e. The molecule has 9 heteroatoms. The number of nitrogens with one attached hydrogen (secondary N) is 1. The van der Waals surface area contributed by atoms with Crippen LogP contribution in [0.1, 0.15) is 51.4 Å². The molecule has 1 aliphatic heterocycles. The van der Waals surface area contributed by atoms with Crippen molar-refractivity contribution in [1.82, 2.24) is 14.9 Å². The molecule has 2 N–H and O–H groups in total. The van der Waals surface area contributed by atoms with Crippen LogP contribution in [0.2, 0.25) is 0 Å². The van der Waals surface area contributed by atoms with Crippen molar-refractivity contribution in [2.75, 3.05) is 13.7 Å². The first-order chi connectivity index (χ1) is 17.3. The summed E-state index contributed by atoms with van der Waals surface area (Å²) >= 11 is 0. The van der Waals surface area contributed by atoms with E-state index in [9.17, 15) is 19.5 Å². The quantitative estimate of drug-likeness (QED) is 0.224. The second-order valence-electron chi connectivity index (χ2n) is 8.41. The minimum absolute atomic E-state index is 0.0605. The minimum atomic E-state index is -0.865. The van der Waals surface area contributed by atoms with Crippen molar-refractivity contribution in [3.63, 3.8) is 0 Å². The highest BCUT2D eigenvalue weighted by Crippen LogP contribution is 2.42. The first-order valence-electron chi connectivity index (χ1n) is 11.5. The second-order valence-corrected chi connectivity index (χ2v) is 8.41. The molecule has 0 unspecified atom stereocenters. The van der Waals surface area contributed by atoms with Gasteiger partial charge in [-0.2, -0.15) is 0 Å². The fourth-order valence-corrected chi connectivity index (χ4v) is 4.54. The molecule has 0 bridgehead atoms. The van der Waals surface area contributed by atoms with Gasteiger partial charge in [-0.05, 0) is 55.7 Å². The number of ether oxygens (including phenoxy) is 2. The number of hydrogen-bond acceptors (Lipinski definition) is 7. The molecule has 1 saturated heterocycles. The van der Waals surface area contributed by atoms with Crippen molar-refractivity contribution in [2.24, 2.45) is 0 Å². The summed E-state index contributed by atoms with van der Waals surface area (Å²) in [6.07, 6.45) is 3.25. The van der Waals surface area contributed by atoms with E-state index in [0.29, 0.717) is 29.2 Å². The van der Waals surface area contributed by atoms with E-state index in [4.69, 9.17) is 9.47 Å². The maximum absolute atomic E-state index is 13.3. The molecule has 0 spiro atoms. The lowest BCUT2D eigenvalue weighted by molar-refractivity contribution is -0.140. The van der Waals surface area contributed by atoms with E-state index < -0.39 is 23.7 Å². The first kappa shape index (κ1) is 24.7. The molecule has 0 radical (unpaired) electrons. The number of carbonyl (C=O) groups is 3. The van der Waals surface area contributed by atoms with Crippen LogP contribution in [0.15, 0.2) is 54.4 Å². The summed E-state index contributed by atoms with van der Waals surface area (Å²) in [7, 11) is 1.26. The van der Waals surface area contributed by atoms with Gasteiger partial charge in [0.05, 0.1) is 25.3 Å². The molecule has 0 saturated carbocycles. The largest absolute Gasteiger partial charge is 0.507 e. The number of esters is 1. The van der Waals surface area contributed by atoms with E-state index in [0.717, 1.165) is 5.56 Å². The van der Waals surface area contributed by atoms with Gasteiger partial charge in [-0.15, -0.1) is 0 Å². The van der Waals surface area contributed by atoms with Gasteiger partial charge >= 0.3 is 5.97 Å². The third kappa shape index (κ3) is 4.35. The zero-order valence-electron chi connectivity index (χ0n) is 20.5. The Kier molecular flexibility index (Phi) is 6.91. The SMILES string of the molecule is CCOc1ccc([C@@H]2/C(=C(\O)c3c(C)[nH]c(C(=O)OC)c3C)C(=O)C(=O)N2Cc2cccnc2)cc1. The Balaban J connectivity index is 1.89. The van der Waals surface area contributed by atoms with Crippen LogP contribution in [0.3, 0.4) is 0 Å². The summed E-state index contributed by atoms with van der Waals surface area (Å²) in [5, 5.41) is 11.5. The highest BCUT2D eigenvalue weighted by atomic mass is 16.5. The molecule has 3 heterocycles. The maximum Gasteiger partial charge on any atom is 0.354 e. The lowest BCUT2D eigenvalue weighted by atomic mass is 9.94. The molecule has 1 fully saturated rings. The number of H-pyrrole nitrogens is 1. The number of carbonyl (C=O) groups excluding carboxylic acids is 3. The van der Waals surface area contributed by atoms with Gasteiger partial charge in [-0.1, -0.05) is 18.2 Å². The number of aliphatic hydroxyl groups excluding tert-OH is 1. The summed E-state index contributed by atoms with van der Waals surface area (Å²) in [6, 6.07) is 9.74. The summed E-state index contributed by atoms with van der Waals surface area (Å²) in [6.45, 7) is 5.80. The molecular formula is C27H27N3O6. The zero-order valence-corrected chi connectivity index (χ0v) is 20.5. The number of rotatable bonds is 7. The number of likely N-dealkylation sites (tertiary alicyclic amines) is 1. The highest BCUT2D eigenvalue weighted by Gasteiger charge is 2.46. The fourth-order valence-electron chi connectivity index (χ4n) is 4.54. The number of benzene rings is 1. The number of ketones is 1. The van der Waals surface area contributed by atoms with Crippen molar-refractivity contribution in [3.05, 3.63) is 88.0 Å². The van der Waals surface area contributed by atoms with E-state index in [1.807, 2.05) is 13.0 Å². The number of Topliss-reactive ketones (excluding diaryl/α,β-unsaturated/α-hetero) is 1. The number of pyridine rings is 1. The van der Waals surface area contributed by atoms with Crippen molar-refractivity contribution in [3.8, 4) is 5.75 Å². The minimum Gasteiger partial charge on any atom is -0.507 e. The van der Waals surface area contributed by atoms with E-state index >= 15 is 0 Å². The van der Waals surface area contributed by atoms with Crippen molar-refractivity contribution < 1.29 is 29.0 Å². The fraction of sp³-hybridized carbons (Fsp3) is 0.259. The Morgan fingerprint density at radius 3 is 2.50 bits per heavy atom. The zero-order chi connectivity index (χ0) is 26.0. The molecule has 4 rings (SSSR count). The molecule has 36 heavy (non-hydrogen) atoms. The van der Waals surface area contributed by atoms with Crippen LogP contribution >= 0.6 is 0 Å². The van der Waals surface area contributed by atoms with E-state index in [1.54, 1.807) is 56.6 Å². The second kappa shape index (κ2) is 10.1. The van der Waals surface area contributed by atoms with Gasteiger partial charge in [-0.25, -0.2) is 4.79 Å². The predicted octanol–water partition coefficient (Wildman–Crippen LogP) is 3.83. The molecule has 0 aliphatic carbocycles. The Morgan fingerprint density at radius 1 is 1.17 bits per heavy atom. The number of aryl methyl sites for hydroxylation is 1.